The quantitative estimate of drug-likeness (QED) is 0.753. The summed E-state index contributed by atoms with van der Waals surface area (Å²) < 4.78 is 5.47. The van der Waals surface area contributed by atoms with Crippen LogP contribution in [-0.4, -0.2) is 28.5 Å². The molecular formula is C14H27N3OS. The Morgan fingerprint density at radius 2 is 2.00 bits per heavy atom. The first kappa shape index (κ1) is 16.5. The molecule has 0 aliphatic carbocycles. The molecule has 2 unspecified atom stereocenters. The number of hydrogen-bond acceptors (Lipinski definition) is 5. The van der Waals surface area contributed by atoms with E-state index in [0.717, 1.165) is 36.2 Å². The highest BCUT2D eigenvalue weighted by Gasteiger charge is 2.27. The molecule has 0 saturated carbocycles. The lowest BCUT2D eigenvalue weighted by molar-refractivity contribution is 0.279. The van der Waals surface area contributed by atoms with E-state index in [0.29, 0.717) is 12.0 Å². The van der Waals surface area contributed by atoms with Crippen molar-refractivity contribution < 1.29 is 4.52 Å². The van der Waals surface area contributed by atoms with E-state index in [1.54, 1.807) is 0 Å². The van der Waals surface area contributed by atoms with Crippen molar-refractivity contribution in [1.82, 2.24) is 15.5 Å². The third-order valence-corrected chi connectivity index (χ3v) is 4.05. The summed E-state index contributed by atoms with van der Waals surface area (Å²) in [4.78, 5) is 4.56. The van der Waals surface area contributed by atoms with E-state index >= 15 is 0 Å². The molecule has 0 aliphatic rings. The van der Waals surface area contributed by atoms with Gasteiger partial charge in [-0.3, -0.25) is 0 Å². The minimum atomic E-state index is 0.277. The molecule has 0 aliphatic heterocycles. The molecule has 2 atom stereocenters. The molecule has 0 fully saturated rings. The van der Waals surface area contributed by atoms with Crippen molar-refractivity contribution in [3.05, 3.63) is 11.7 Å². The number of nitrogens with one attached hydrogen (secondary N) is 1. The van der Waals surface area contributed by atoms with Crippen LogP contribution in [-0.2, 0) is 5.75 Å². The molecule has 0 amide bonds. The van der Waals surface area contributed by atoms with Gasteiger partial charge in [0.1, 0.15) is 0 Å². The lowest BCUT2D eigenvalue weighted by atomic mass is 9.89. The van der Waals surface area contributed by atoms with Crippen LogP contribution >= 0.6 is 11.8 Å². The summed E-state index contributed by atoms with van der Waals surface area (Å²) in [6.45, 7) is 12.0. The van der Waals surface area contributed by atoms with Gasteiger partial charge in [0.15, 0.2) is 5.82 Å². The molecule has 1 aromatic heterocycles. The number of hydrogen-bond donors (Lipinski definition) is 1. The molecule has 1 rings (SSSR count). The van der Waals surface area contributed by atoms with Crippen LogP contribution in [0.3, 0.4) is 0 Å². The number of aromatic nitrogens is 2. The predicted molar refractivity (Wildman–Crippen MR) is 81.5 cm³/mol. The normalized spacial score (nSPS) is 14.8. The van der Waals surface area contributed by atoms with Crippen LogP contribution in [0.2, 0.25) is 0 Å². The van der Waals surface area contributed by atoms with Gasteiger partial charge >= 0.3 is 0 Å². The largest absolute Gasteiger partial charge is 0.339 e. The Labute approximate surface area is 121 Å². The van der Waals surface area contributed by atoms with Crippen molar-refractivity contribution in [2.45, 2.75) is 58.8 Å². The number of nitrogens with zero attached hydrogens (tertiary/aromatic N) is 2. The van der Waals surface area contributed by atoms with Crippen molar-refractivity contribution in [3.63, 3.8) is 0 Å². The van der Waals surface area contributed by atoms with E-state index < -0.39 is 0 Å². The summed E-state index contributed by atoms with van der Waals surface area (Å²) in [7, 11) is 0. The maximum Gasteiger partial charge on any atom is 0.231 e. The van der Waals surface area contributed by atoms with E-state index in [1.807, 2.05) is 11.8 Å². The Balaban J connectivity index is 2.72. The lowest BCUT2D eigenvalue weighted by Crippen LogP contribution is -2.35. The van der Waals surface area contributed by atoms with Gasteiger partial charge in [-0.25, -0.2) is 0 Å². The molecular weight excluding hydrogens is 258 g/mol. The van der Waals surface area contributed by atoms with E-state index in [9.17, 15) is 0 Å². The first-order valence-electron chi connectivity index (χ1n) is 7.23. The van der Waals surface area contributed by atoms with Gasteiger partial charge in [-0.1, -0.05) is 32.9 Å². The van der Waals surface area contributed by atoms with E-state index in [4.69, 9.17) is 4.52 Å². The molecule has 5 heteroatoms. The van der Waals surface area contributed by atoms with Crippen molar-refractivity contribution in [1.29, 1.82) is 0 Å². The van der Waals surface area contributed by atoms with Crippen molar-refractivity contribution in [2.75, 3.05) is 12.3 Å². The molecule has 110 valence electrons. The third kappa shape index (κ3) is 5.15. The predicted octanol–water partition coefficient (Wildman–Crippen LogP) is 3.45. The molecule has 1 aromatic rings. The number of rotatable bonds is 9. The first-order chi connectivity index (χ1) is 9.10. The zero-order valence-corrected chi connectivity index (χ0v) is 13.6. The van der Waals surface area contributed by atoms with E-state index in [-0.39, 0.29) is 5.92 Å². The van der Waals surface area contributed by atoms with Crippen molar-refractivity contribution >= 4 is 11.8 Å². The van der Waals surface area contributed by atoms with Crippen molar-refractivity contribution in [2.24, 2.45) is 5.92 Å². The molecule has 1 N–H and O–H groups in total. The van der Waals surface area contributed by atoms with E-state index in [2.05, 4.69) is 50.1 Å². The topological polar surface area (TPSA) is 51.0 Å². The molecule has 0 spiro atoms. The average molecular weight is 285 g/mol. The highest BCUT2D eigenvalue weighted by molar-refractivity contribution is 7.98. The van der Waals surface area contributed by atoms with Crippen molar-refractivity contribution in [3.8, 4) is 0 Å². The molecule has 0 bridgehead atoms. The minimum absolute atomic E-state index is 0.277. The van der Waals surface area contributed by atoms with Crippen LogP contribution < -0.4 is 5.32 Å². The van der Waals surface area contributed by atoms with Crippen LogP contribution in [0, 0.1) is 5.92 Å². The summed E-state index contributed by atoms with van der Waals surface area (Å²) in [5, 5.41) is 7.62. The monoisotopic (exact) mass is 285 g/mol. The second-order valence-corrected chi connectivity index (χ2v) is 6.47. The molecule has 19 heavy (non-hydrogen) atoms. The zero-order chi connectivity index (χ0) is 14.3. The first-order valence-corrected chi connectivity index (χ1v) is 8.39. The van der Waals surface area contributed by atoms with Crippen LogP contribution in [0.5, 0.6) is 0 Å². The zero-order valence-electron chi connectivity index (χ0n) is 12.8. The van der Waals surface area contributed by atoms with Gasteiger partial charge in [0.25, 0.3) is 0 Å². The fraction of sp³-hybridized carbons (Fsp3) is 0.857. The van der Waals surface area contributed by atoms with E-state index in [1.165, 1.54) is 0 Å². The Kier molecular flexibility index (Phi) is 7.46. The minimum Gasteiger partial charge on any atom is -0.339 e. The Hall–Kier alpha value is -0.550. The summed E-state index contributed by atoms with van der Waals surface area (Å²) in [6.07, 6.45) is 1.14. The maximum atomic E-state index is 5.47. The van der Waals surface area contributed by atoms with Crippen LogP contribution in [0.25, 0.3) is 0 Å². The Morgan fingerprint density at radius 3 is 2.58 bits per heavy atom. The second kappa shape index (κ2) is 8.59. The highest BCUT2D eigenvalue weighted by Crippen LogP contribution is 2.27. The standard InChI is InChI=1S/C14H27N3OS/c1-6-8-15-11(5)13(10(3)4)14-16-12(17-18-14)9-19-7-2/h10-11,13,15H,6-9H2,1-5H3. The highest BCUT2D eigenvalue weighted by atomic mass is 32.2. The van der Waals surface area contributed by atoms with Gasteiger partial charge in [0.2, 0.25) is 5.89 Å². The van der Waals surface area contributed by atoms with Gasteiger partial charge < -0.3 is 9.84 Å². The third-order valence-electron chi connectivity index (χ3n) is 3.18. The maximum absolute atomic E-state index is 5.47. The molecule has 0 aromatic carbocycles. The fourth-order valence-corrected chi connectivity index (χ4v) is 2.73. The molecule has 4 nitrogen and oxygen atoms in total. The Morgan fingerprint density at radius 1 is 1.26 bits per heavy atom. The van der Waals surface area contributed by atoms with Gasteiger partial charge in [-0.2, -0.15) is 16.7 Å². The van der Waals surface area contributed by atoms with Gasteiger partial charge in [0, 0.05) is 6.04 Å². The van der Waals surface area contributed by atoms with Gasteiger partial charge in [-0.15, -0.1) is 0 Å². The fourth-order valence-electron chi connectivity index (χ4n) is 2.23. The lowest BCUT2D eigenvalue weighted by Gasteiger charge is -2.24. The summed E-state index contributed by atoms with van der Waals surface area (Å²) in [5.74, 6) is 4.26. The average Bonchev–Trinajstić information content (AvgIpc) is 2.82. The van der Waals surface area contributed by atoms with Gasteiger partial charge in [-0.05, 0) is 31.6 Å². The molecule has 1 heterocycles. The summed E-state index contributed by atoms with van der Waals surface area (Å²) >= 11 is 1.82. The van der Waals surface area contributed by atoms with Gasteiger partial charge in [0.05, 0.1) is 11.7 Å². The molecule has 0 saturated heterocycles. The summed E-state index contributed by atoms with van der Waals surface area (Å²) in [6, 6.07) is 0.354. The smallest absolute Gasteiger partial charge is 0.231 e. The second-order valence-electron chi connectivity index (χ2n) is 5.20. The van der Waals surface area contributed by atoms with Crippen LogP contribution in [0.4, 0.5) is 0 Å². The number of thioether (sulfide) groups is 1. The molecule has 0 radical (unpaired) electrons. The Bertz CT molecular complexity index is 354. The van der Waals surface area contributed by atoms with Crippen LogP contribution in [0.1, 0.15) is 58.7 Å². The van der Waals surface area contributed by atoms with Crippen LogP contribution in [0.15, 0.2) is 4.52 Å². The SMILES string of the molecule is CCCNC(C)C(c1nc(CSCC)no1)C(C)C. The summed E-state index contributed by atoms with van der Waals surface area (Å²) in [5.41, 5.74) is 0.